The van der Waals surface area contributed by atoms with Crippen LogP contribution < -0.4 is 15.5 Å². The second-order valence-electron chi connectivity index (χ2n) is 8.20. The summed E-state index contributed by atoms with van der Waals surface area (Å²) in [5.41, 5.74) is 2.87. The van der Waals surface area contributed by atoms with E-state index in [0.29, 0.717) is 32.2 Å². The molecule has 2 aromatic heterocycles. The van der Waals surface area contributed by atoms with E-state index in [0.717, 1.165) is 41.5 Å². The number of carbonyl (C=O) groups excluding carboxylic acids is 1. The van der Waals surface area contributed by atoms with Crippen LogP contribution in [0.1, 0.15) is 36.7 Å². The average Bonchev–Trinajstić information content (AvgIpc) is 3.27. The first-order chi connectivity index (χ1) is 15.6. The van der Waals surface area contributed by atoms with Gasteiger partial charge in [0, 0.05) is 56.4 Å². The fourth-order valence-corrected chi connectivity index (χ4v) is 3.79. The number of anilines is 2. The van der Waals surface area contributed by atoms with E-state index < -0.39 is 0 Å². The maximum absolute atomic E-state index is 12.5. The van der Waals surface area contributed by atoms with E-state index in [1.165, 1.54) is 0 Å². The van der Waals surface area contributed by atoms with Gasteiger partial charge in [-0.25, -0.2) is 14.8 Å². The first-order valence-electron chi connectivity index (χ1n) is 11.0. The van der Waals surface area contributed by atoms with E-state index in [2.05, 4.69) is 50.0 Å². The quantitative estimate of drug-likeness (QED) is 0.594. The number of rotatable bonds is 7. The molecule has 0 unspecified atom stereocenters. The zero-order valence-electron chi connectivity index (χ0n) is 18.6. The summed E-state index contributed by atoms with van der Waals surface area (Å²) >= 11 is 0. The standard InChI is InChI=1S/C24H30N6O2/c1-18(2)23-26-8-9-30(23)17-20-4-3-5-21(14-20)28-24(31)27-16-19-6-7-25-22(15-19)29-10-12-32-13-11-29/h3-9,14-15,18H,10-13,16-17H2,1-2H3,(H2,27,28,31). The summed E-state index contributed by atoms with van der Waals surface area (Å²) in [7, 11) is 0. The zero-order valence-corrected chi connectivity index (χ0v) is 18.6. The van der Waals surface area contributed by atoms with Crippen LogP contribution in [0.2, 0.25) is 0 Å². The highest BCUT2D eigenvalue weighted by molar-refractivity contribution is 5.89. The Kier molecular flexibility index (Phi) is 7.01. The molecule has 1 aromatic carbocycles. The van der Waals surface area contributed by atoms with Crippen molar-refractivity contribution in [2.75, 3.05) is 36.5 Å². The Balaban J connectivity index is 1.32. The van der Waals surface area contributed by atoms with Gasteiger partial charge in [-0.15, -0.1) is 0 Å². The highest BCUT2D eigenvalue weighted by Gasteiger charge is 2.13. The molecule has 1 aliphatic heterocycles. The van der Waals surface area contributed by atoms with Gasteiger partial charge in [-0.1, -0.05) is 26.0 Å². The Labute approximate surface area is 188 Å². The van der Waals surface area contributed by atoms with E-state index in [1.54, 1.807) is 6.20 Å². The Bertz CT molecular complexity index is 1040. The van der Waals surface area contributed by atoms with Crippen molar-refractivity contribution in [2.45, 2.75) is 32.9 Å². The number of nitrogens with zero attached hydrogens (tertiary/aromatic N) is 4. The van der Waals surface area contributed by atoms with E-state index in [9.17, 15) is 4.79 Å². The van der Waals surface area contributed by atoms with Crippen molar-refractivity contribution in [1.82, 2.24) is 19.9 Å². The van der Waals surface area contributed by atoms with Crippen LogP contribution in [0.4, 0.5) is 16.3 Å². The second-order valence-corrected chi connectivity index (χ2v) is 8.20. The van der Waals surface area contributed by atoms with Crippen molar-refractivity contribution < 1.29 is 9.53 Å². The molecular formula is C24H30N6O2. The number of hydrogen-bond donors (Lipinski definition) is 2. The maximum atomic E-state index is 12.5. The Morgan fingerprint density at radius 1 is 1.09 bits per heavy atom. The SMILES string of the molecule is CC(C)c1nccn1Cc1cccc(NC(=O)NCc2ccnc(N3CCOCC3)c2)c1. The lowest BCUT2D eigenvalue weighted by atomic mass is 10.1. The van der Waals surface area contributed by atoms with Crippen LogP contribution in [0.5, 0.6) is 0 Å². The molecule has 0 aliphatic carbocycles. The molecule has 0 atom stereocenters. The number of pyridine rings is 1. The second kappa shape index (κ2) is 10.3. The highest BCUT2D eigenvalue weighted by Crippen LogP contribution is 2.17. The fraction of sp³-hybridized carbons (Fsp3) is 0.375. The maximum Gasteiger partial charge on any atom is 0.319 e. The summed E-state index contributed by atoms with van der Waals surface area (Å²) < 4.78 is 7.54. The summed E-state index contributed by atoms with van der Waals surface area (Å²) in [4.78, 5) is 23.6. The van der Waals surface area contributed by atoms with Gasteiger partial charge in [0.15, 0.2) is 0 Å². The number of benzene rings is 1. The van der Waals surface area contributed by atoms with Crippen LogP contribution in [0.3, 0.4) is 0 Å². The lowest BCUT2D eigenvalue weighted by Crippen LogP contribution is -2.36. The number of ether oxygens (including phenoxy) is 1. The first kappa shape index (κ1) is 21.8. The summed E-state index contributed by atoms with van der Waals surface area (Å²) in [5, 5.41) is 5.86. The van der Waals surface area contributed by atoms with Gasteiger partial charge in [-0.05, 0) is 35.4 Å². The number of hydrogen-bond acceptors (Lipinski definition) is 5. The average molecular weight is 435 g/mol. The van der Waals surface area contributed by atoms with E-state index in [4.69, 9.17) is 4.74 Å². The predicted octanol–water partition coefficient (Wildman–Crippen LogP) is 3.61. The van der Waals surface area contributed by atoms with E-state index >= 15 is 0 Å². The van der Waals surface area contributed by atoms with Crippen molar-refractivity contribution in [3.8, 4) is 0 Å². The number of aromatic nitrogens is 3. The molecule has 3 heterocycles. The third-order valence-electron chi connectivity index (χ3n) is 5.40. The van der Waals surface area contributed by atoms with Crippen molar-refractivity contribution >= 4 is 17.5 Å². The summed E-state index contributed by atoms with van der Waals surface area (Å²) in [5.74, 6) is 2.32. The number of nitrogens with one attached hydrogen (secondary N) is 2. The molecular weight excluding hydrogens is 404 g/mol. The molecule has 1 fully saturated rings. The van der Waals surface area contributed by atoms with Crippen LogP contribution in [0.15, 0.2) is 55.0 Å². The van der Waals surface area contributed by atoms with Gasteiger partial charge in [-0.2, -0.15) is 0 Å². The summed E-state index contributed by atoms with van der Waals surface area (Å²) in [6.07, 6.45) is 5.60. The van der Waals surface area contributed by atoms with Crippen LogP contribution >= 0.6 is 0 Å². The normalized spacial score (nSPS) is 13.9. The molecule has 2 N–H and O–H groups in total. The monoisotopic (exact) mass is 434 g/mol. The smallest absolute Gasteiger partial charge is 0.319 e. The van der Waals surface area contributed by atoms with Gasteiger partial charge in [0.1, 0.15) is 11.6 Å². The predicted molar refractivity (Wildman–Crippen MR) is 125 cm³/mol. The number of urea groups is 1. The van der Waals surface area contributed by atoms with Gasteiger partial charge in [0.2, 0.25) is 0 Å². The third-order valence-corrected chi connectivity index (χ3v) is 5.40. The topological polar surface area (TPSA) is 84.3 Å². The van der Waals surface area contributed by atoms with Gasteiger partial charge < -0.3 is 24.8 Å². The Morgan fingerprint density at radius 2 is 1.94 bits per heavy atom. The molecule has 0 radical (unpaired) electrons. The fourth-order valence-electron chi connectivity index (χ4n) is 3.79. The highest BCUT2D eigenvalue weighted by atomic mass is 16.5. The lowest BCUT2D eigenvalue weighted by molar-refractivity contribution is 0.122. The lowest BCUT2D eigenvalue weighted by Gasteiger charge is -2.28. The van der Waals surface area contributed by atoms with Gasteiger partial charge in [0.05, 0.1) is 13.2 Å². The van der Waals surface area contributed by atoms with E-state index in [1.807, 2.05) is 42.7 Å². The first-order valence-corrected chi connectivity index (χ1v) is 11.0. The van der Waals surface area contributed by atoms with Crippen molar-refractivity contribution in [2.24, 2.45) is 0 Å². The van der Waals surface area contributed by atoms with Gasteiger partial charge in [0.25, 0.3) is 0 Å². The molecule has 4 rings (SSSR count). The number of carbonyl (C=O) groups is 1. The Hall–Kier alpha value is -3.39. The van der Waals surface area contributed by atoms with Crippen LogP contribution in [0.25, 0.3) is 0 Å². The molecule has 8 heteroatoms. The minimum atomic E-state index is -0.239. The van der Waals surface area contributed by atoms with Crippen molar-refractivity contribution in [3.63, 3.8) is 0 Å². The molecule has 32 heavy (non-hydrogen) atoms. The summed E-state index contributed by atoms with van der Waals surface area (Å²) in [6, 6.07) is 11.6. The number of amides is 2. The van der Waals surface area contributed by atoms with Crippen LogP contribution in [0, 0.1) is 0 Å². The van der Waals surface area contributed by atoms with Crippen molar-refractivity contribution in [3.05, 3.63) is 71.9 Å². The van der Waals surface area contributed by atoms with E-state index in [-0.39, 0.29) is 6.03 Å². The third kappa shape index (κ3) is 5.64. The minimum absolute atomic E-state index is 0.239. The van der Waals surface area contributed by atoms with Crippen LogP contribution in [-0.2, 0) is 17.8 Å². The number of imidazole rings is 1. The summed E-state index contributed by atoms with van der Waals surface area (Å²) in [6.45, 7) is 8.50. The molecule has 2 amide bonds. The number of morpholine rings is 1. The molecule has 0 saturated carbocycles. The molecule has 3 aromatic rings. The molecule has 168 valence electrons. The van der Waals surface area contributed by atoms with Crippen LogP contribution in [-0.4, -0.2) is 46.9 Å². The van der Waals surface area contributed by atoms with Crippen molar-refractivity contribution in [1.29, 1.82) is 0 Å². The molecule has 0 spiro atoms. The molecule has 1 saturated heterocycles. The van der Waals surface area contributed by atoms with Gasteiger partial charge in [-0.3, -0.25) is 0 Å². The molecule has 0 bridgehead atoms. The zero-order chi connectivity index (χ0) is 22.3. The van der Waals surface area contributed by atoms with Gasteiger partial charge >= 0.3 is 6.03 Å². The molecule has 8 nitrogen and oxygen atoms in total. The minimum Gasteiger partial charge on any atom is -0.378 e. The largest absolute Gasteiger partial charge is 0.378 e. The molecule has 1 aliphatic rings. The Morgan fingerprint density at radius 3 is 2.75 bits per heavy atom.